The molecule has 0 spiro atoms. The molecule has 3 heteroatoms. The van der Waals surface area contributed by atoms with Crippen LogP contribution in [0.4, 0.5) is 17.1 Å². The fraction of sp³-hybridized carbons (Fsp3) is 0. The zero-order chi connectivity index (χ0) is 32.3. The molecule has 230 valence electrons. The molecule has 2 heterocycles. The van der Waals surface area contributed by atoms with Crippen molar-refractivity contribution < 1.29 is 4.42 Å². The number of para-hydroxylation sites is 1. The second kappa shape index (κ2) is 11.2. The SMILES string of the molecule is c1cc(-c2ccc3ccccc3c2)cc(N(c2cccc(-c3ccc4sc5ccccc5c4c3)c2)c2ccc3oc4ccccc4c3c2)c1. The number of hydrogen-bond acceptors (Lipinski definition) is 3. The van der Waals surface area contributed by atoms with E-state index in [0.29, 0.717) is 0 Å². The number of nitrogens with zero attached hydrogens (tertiary/aromatic N) is 1. The molecule has 8 aromatic carbocycles. The molecule has 0 amide bonds. The van der Waals surface area contributed by atoms with Gasteiger partial charge in [0.1, 0.15) is 11.2 Å². The Labute approximate surface area is 287 Å². The van der Waals surface area contributed by atoms with Gasteiger partial charge < -0.3 is 9.32 Å². The van der Waals surface area contributed by atoms with E-state index in [9.17, 15) is 0 Å². The molecule has 0 fully saturated rings. The highest BCUT2D eigenvalue weighted by Crippen LogP contribution is 2.42. The quantitative estimate of drug-likeness (QED) is 0.186. The minimum Gasteiger partial charge on any atom is -0.456 e. The van der Waals surface area contributed by atoms with Gasteiger partial charge in [-0.3, -0.25) is 0 Å². The molecule has 0 saturated heterocycles. The summed E-state index contributed by atoms with van der Waals surface area (Å²) in [5, 5.41) is 7.33. The van der Waals surface area contributed by atoms with Crippen molar-refractivity contribution >= 4 is 81.3 Å². The van der Waals surface area contributed by atoms with Crippen LogP contribution in [0.1, 0.15) is 0 Å². The zero-order valence-electron chi connectivity index (χ0n) is 26.5. The third-order valence-electron chi connectivity index (χ3n) is 9.62. The number of rotatable bonds is 5. The molecule has 0 bridgehead atoms. The van der Waals surface area contributed by atoms with Gasteiger partial charge in [0.25, 0.3) is 0 Å². The Morgan fingerprint density at radius 3 is 1.80 bits per heavy atom. The van der Waals surface area contributed by atoms with Gasteiger partial charge in [-0.1, -0.05) is 103 Å². The van der Waals surface area contributed by atoms with Crippen molar-refractivity contribution in [3.05, 3.63) is 176 Å². The highest BCUT2D eigenvalue weighted by molar-refractivity contribution is 7.25. The smallest absolute Gasteiger partial charge is 0.135 e. The third kappa shape index (κ3) is 4.78. The molecule has 2 aromatic heterocycles. The molecule has 0 N–H and O–H groups in total. The molecule has 0 aliphatic heterocycles. The number of hydrogen-bond donors (Lipinski definition) is 0. The lowest BCUT2D eigenvalue weighted by atomic mass is 9.99. The number of anilines is 3. The normalized spacial score (nSPS) is 11.7. The first-order valence-electron chi connectivity index (χ1n) is 16.6. The van der Waals surface area contributed by atoms with E-state index < -0.39 is 0 Å². The first-order valence-corrected chi connectivity index (χ1v) is 17.4. The third-order valence-corrected chi connectivity index (χ3v) is 10.8. The summed E-state index contributed by atoms with van der Waals surface area (Å²) < 4.78 is 8.86. The van der Waals surface area contributed by atoms with Gasteiger partial charge in [0.15, 0.2) is 0 Å². The summed E-state index contributed by atoms with van der Waals surface area (Å²) >= 11 is 1.85. The average molecular weight is 644 g/mol. The molecule has 0 aliphatic rings. The van der Waals surface area contributed by atoms with Gasteiger partial charge in [-0.15, -0.1) is 11.3 Å². The van der Waals surface area contributed by atoms with Crippen LogP contribution in [0.15, 0.2) is 180 Å². The standard InChI is InChI=1S/C46H29NOS/c1-2-10-31-25-34(20-19-30(31)9-1)32-11-7-13-36(26-32)47(38-22-23-44-41(29-38)39-15-3-5-17-43(39)48-44)37-14-8-12-33(27-37)35-21-24-46-42(28-35)40-16-4-6-18-45(40)49-46/h1-29H. The van der Waals surface area contributed by atoms with Crippen molar-refractivity contribution in [2.75, 3.05) is 4.90 Å². The van der Waals surface area contributed by atoms with Crippen LogP contribution in [0, 0.1) is 0 Å². The Bertz CT molecular complexity index is 2860. The predicted octanol–water partition coefficient (Wildman–Crippen LogP) is 13.9. The summed E-state index contributed by atoms with van der Waals surface area (Å²) in [6.07, 6.45) is 0. The van der Waals surface area contributed by atoms with Crippen LogP contribution in [0.2, 0.25) is 0 Å². The molecule has 0 unspecified atom stereocenters. The first-order chi connectivity index (χ1) is 24.2. The average Bonchev–Trinajstić information content (AvgIpc) is 3.73. The van der Waals surface area contributed by atoms with Crippen molar-refractivity contribution in [2.45, 2.75) is 0 Å². The predicted molar refractivity (Wildman–Crippen MR) is 210 cm³/mol. The van der Waals surface area contributed by atoms with Crippen LogP contribution in [-0.4, -0.2) is 0 Å². The molecule has 10 aromatic rings. The highest BCUT2D eigenvalue weighted by atomic mass is 32.1. The van der Waals surface area contributed by atoms with Gasteiger partial charge in [-0.25, -0.2) is 0 Å². The van der Waals surface area contributed by atoms with Crippen LogP contribution in [0.25, 0.3) is 75.1 Å². The van der Waals surface area contributed by atoms with E-state index in [1.165, 1.54) is 53.2 Å². The lowest BCUT2D eigenvalue weighted by Crippen LogP contribution is -2.10. The molecular formula is C46H29NOS. The van der Waals surface area contributed by atoms with E-state index in [-0.39, 0.29) is 0 Å². The molecule has 2 nitrogen and oxygen atoms in total. The molecule has 49 heavy (non-hydrogen) atoms. The summed E-state index contributed by atoms with van der Waals surface area (Å²) in [5.41, 5.74) is 9.81. The van der Waals surface area contributed by atoms with Crippen molar-refractivity contribution in [1.29, 1.82) is 0 Å². The highest BCUT2D eigenvalue weighted by Gasteiger charge is 2.17. The van der Waals surface area contributed by atoms with Gasteiger partial charge in [-0.2, -0.15) is 0 Å². The van der Waals surface area contributed by atoms with Gasteiger partial charge in [0, 0.05) is 48.0 Å². The Kier molecular flexibility index (Phi) is 6.39. The van der Waals surface area contributed by atoms with E-state index in [1.807, 2.05) is 23.5 Å². The van der Waals surface area contributed by atoms with Crippen LogP contribution < -0.4 is 4.90 Å². The zero-order valence-corrected chi connectivity index (χ0v) is 27.3. The first kappa shape index (κ1) is 27.9. The number of benzene rings is 8. The largest absolute Gasteiger partial charge is 0.456 e. The minimum absolute atomic E-state index is 0.889. The van der Waals surface area contributed by atoms with Crippen LogP contribution in [0.3, 0.4) is 0 Å². The van der Waals surface area contributed by atoms with E-state index in [2.05, 4.69) is 169 Å². The fourth-order valence-corrected chi connectivity index (χ4v) is 8.31. The summed E-state index contributed by atoms with van der Waals surface area (Å²) in [5.74, 6) is 0. The van der Waals surface area contributed by atoms with Crippen molar-refractivity contribution in [1.82, 2.24) is 0 Å². The Morgan fingerprint density at radius 1 is 0.347 bits per heavy atom. The van der Waals surface area contributed by atoms with Crippen LogP contribution in [0.5, 0.6) is 0 Å². The molecule has 10 rings (SSSR count). The molecule has 0 saturated carbocycles. The maximum atomic E-state index is 6.23. The topological polar surface area (TPSA) is 16.4 Å². The summed E-state index contributed by atoms with van der Waals surface area (Å²) in [6.45, 7) is 0. The second-order valence-electron chi connectivity index (χ2n) is 12.6. The van der Waals surface area contributed by atoms with Gasteiger partial charge in [0.2, 0.25) is 0 Å². The maximum Gasteiger partial charge on any atom is 0.135 e. The van der Waals surface area contributed by atoms with Gasteiger partial charge in [0.05, 0.1) is 0 Å². The van der Waals surface area contributed by atoms with Gasteiger partial charge >= 0.3 is 0 Å². The molecule has 0 atom stereocenters. The Hall–Kier alpha value is -6.16. The van der Waals surface area contributed by atoms with E-state index in [0.717, 1.165) is 39.0 Å². The van der Waals surface area contributed by atoms with Crippen LogP contribution in [-0.2, 0) is 0 Å². The summed E-state index contributed by atoms with van der Waals surface area (Å²) in [6, 6.07) is 63.4. The molecule has 0 radical (unpaired) electrons. The van der Waals surface area contributed by atoms with E-state index >= 15 is 0 Å². The van der Waals surface area contributed by atoms with E-state index in [4.69, 9.17) is 4.42 Å². The Morgan fingerprint density at radius 2 is 0.959 bits per heavy atom. The summed E-state index contributed by atoms with van der Waals surface area (Å²) in [7, 11) is 0. The maximum absolute atomic E-state index is 6.23. The lowest BCUT2D eigenvalue weighted by Gasteiger charge is -2.26. The summed E-state index contributed by atoms with van der Waals surface area (Å²) in [4.78, 5) is 2.37. The van der Waals surface area contributed by atoms with Crippen molar-refractivity contribution in [3.63, 3.8) is 0 Å². The minimum atomic E-state index is 0.889. The van der Waals surface area contributed by atoms with Crippen molar-refractivity contribution in [3.8, 4) is 22.3 Å². The van der Waals surface area contributed by atoms with E-state index in [1.54, 1.807) is 0 Å². The van der Waals surface area contributed by atoms with Crippen molar-refractivity contribution in [2.24, 2.45) is 0 Å². The molecule has 0 aliphatic carbocycles. The molecular weight excluding hydrogens is 615 g/mol. The number of furan rings is 1. The lowest BCUT2D eigenvalue weighted by molar-refractivity contribution is 0.669. The van der Waals surface area contributed by atoms with Crippen LogP contribution >= 0.6 is 11.3 Å². The number of fused-ring (bicyclic) bond motifs is 7. The monoisotopic (exact) mass is 643 g/mol. The second-order valence-corrected chi connectivity index (χ2v) is 13.7. The van der Waals surface area contributed by atoms with Gasteiger partial charge in [-0.05, 0) is 106 Å². The fourth-order valence-electron chi connectivity index (χ4n) is 7.22. The number of thiophene rings is 1. The Balaban J connectivity index is 1.14.